The van der Waals surface area contributed by atoms with E-state index in [1.54, 1.807) is 7.11 Å². The number of hydrogen-bond acceptors (Lipinski definition) is 3. The third kappa shape index (κ3) is 2.12. The summed E-state index contributed by atoms with van der Waals surface area (Å²) in [6.07, 6.45) is 6.07. The van der Waals surface area contributed by atoms with Gasteiger partial charge >= 0.3 is 0 Å². The molecule has 2 fully saturated rings. The van der Waals surface area contributed by atoms with Crippen molar-refractivity contribution in [3.63, 3.8) is 0 Å². The first-order valence-electron chi connectivity index (χ1n) is 7.05. The second-order valence-corrected chi connectivity index (χ2v) is 5.61. The van der Waals surface area contributed by atoms with Gasteiger partial charge in [0.1, 0.15) is 5.75 Å². The summed E-state index contributed by atoms with van der Waals surface area (Å²) in [7, 11) is 1.73. The Morgan fingerprint density at radius 1 is 1.39 bits per heavy atom. The van der Waals surface area contributed by atoms with Gasteiger partial charge in [-0.25, -0.2) is 0 Å². The van der Waals surface area contributed by atoms with Crippen LogP contribution in [-0.2, 0) is 0 Å². The molecule has 2 aliphatic rings. The number of pyridine rings is 1. The largest absolute Gasteiger partial charge is 0.495 e. The first-order valence-corrected chi connectivity index (χ1v) is 7.05. The molecule has 1 aromatic rings. The molecule has 3 atom stereocenters. The predicted octanol–water partition coefficient (Wildman–Crippen LogP) is 2.79. The molecule has 2 saturated carbocycles. The summed E-state index contributed by atoms with van der Waals surface area (Å²) in [6.45, 7) is 3.15. The van der Waals surface area contributed by atoms with E-state index in [2.05, 4.69) is 17.2 Å². The van der Waals surface area contributed by atoms with Crippen molar-refractivity contribution in [3.05, 3.63) is 24.0 Å². The molecule has 1 aromatic heterocycles. The van der Waals surface area contributed by atoms with Crippen LogP contribution in [0.2, 0.25) is 0 Å². The minimum atomic E-state index is 0.360. The lowest BCUT2D eigenvalue weighted by atomic mass is 9.91. The minimum absolute atomic E-state index is 0.360. The van der Waals surface area contributed by atoms with Gasteiger partial charge in [-0.05, 0) is 55.7 Å². The highest BCUT2D eigenvalue weighted by Crippen LogP contribution is 2.57. The molecule has 3 unspecified atom stereocenters. The molecular weight excluding hydrogens is 224 g/mol. The van der Waals surface area contributed by atoms with E-state index in [1.807, 2.05) is 18.3 Å². The fourth-order valence-electron chi connectivity index (χ4n) is 3.55. The maximum atomic E-state index is 5.47. The van der Waals surface area contributed by atoms with Gasteiger partial charge in [0.15, 0.2) is 0 Å². The second-order valence-electron chi connectivity index (χ2n) is 5.61. The van der Waals surface area contributed by atoms with E-state index in [1.165, 1.54) is 19.3 Å². The lowest BCUT2D eigenvalue weighted by molar-refractivity contribution is 0.323. The van der Waals surface area contributed by atoms with Gasteiger partial charge < -0.3 is 10.1 Å². The zero-order valence-electron chi connectivity index (χ0n) is 11.2. The van der Waals surface area contributed by atoms with E-state index < -0.39 is 0 Å². The molecule has 3 heteroatoms. The van der Waals surface area contributed by atoms with Crippen molar-refractivity contribution in [2.24, 2.45) is 17.8 Å². The number of ether oxygens (including phenoxy) is 1. The van der Waals surface area contributed by atoms with Gasteiger partial charge in [0.05, 0.1) is 18.8 Å². The standard InChI is InChI=1S/C15H22N2O/c1-3-16-14(12-8-10-7-11(10)9-12)15-13(18-2)5-4-6-17-15/h4-6,10-12,14,16H,3,7-9H2,1-2H3. The fraction of sp³-hybridized carbons (Fsp3) is 0.667. The van der Waals surface area contributed by atoms with Gasteiger partial charge in [0.25, 0.3) is 0 Å². The highest BCUT2D eigenvalue weighted by Gasteiger charge is 2.48. The third-order valence-electron chi connectivity index (χ3n) is 4.49. The monoisotopic (exact) mass is 246 g/mol. The van der Waals surface area contributed by atoms with Gasteiger partial charge in [0.2, 0.25) is 0 Å². The Kier molecular flexibility index (Phi) is 3.25. The molecule has 0 radical (unpaired) electrons. The fourth-order valence-corrected chi connectivity index (χ4v) is 3.55. The topological polar surface area (TPSA) is 34.2 Å². The van der Waals surface area contributed by atoms with Crippen molar-refractivity contribution in [3.8, 4) is 5.75 Å². The number of methoxy groups -OCH3 is 1. The smallest absolute Gasteiger partial charge is 0.141 e. The van der Waals surface area contributed by atoms with Crippen LogP contribution in [0.4, 0.5) is 0 Å². The van der Waals surface area contributed by atoms with Gasteiger partial charge in [0, 0.05) is 6.20 Å². The Morgan fingerprint density at radius 3 is 2.83 bits per heavy atom. The maximum absolute atomic E-state index is 5.47. The number of hydrogen-bond donors (Lipinski definition) is 1. The summed E-state index contributed by atoms with van der Waals surface area (Å²) in [5.74, 6) is 3.67. The van der Waals surface area contributed by atoms with E-state index >= 15 is 0 Å². The van der Waals surface area contributed by atoms with Gasteiger partial charge in [-0.15, -0.1) is 0 Å². The molecule has 1 heterocycles. The first-order chi connectivity index (χ1) is 8.83. The molecule has 0 bridgehead atoms. The van der Waals surface area contributed by atoms with Crippen LogP contribution in [0.3, 0.4) is 0 Å². The summed E-state index contributed by atoms with van der Waals surface area (Å²) in [4.78, 5) is 4.57. The Morgan fingerprint density at radius 2 is 2.17 bits per heavy atom. The number of rotatable bonds is 5. The molecule has 0 spiro atoms. The molecule has 0 amide bonds. The molecule has 1 N–H and O–H groups in total. The molecule has 0 aliphatic heterocycles. The van der Waals surface area contributed by atoms with Crippen LogP contribution in [0.25, 0.3) is 0 Å². The van der Waals surface area contributed by atoms with E-state index in [0.717, 1.165) is 35.7 Å². The van der Waals surface area contributed by atoms with Crippen LogP contribution in [0, 0.1) is 17.8 Å². The first kappa shape index (κ1) is 12.0. The summed E-state index contributed by atoms with van der Waals surface area (Å²) >= 11 is 0. The normalized spacial score (nSPS) is 30.9. The summed E-state index contributed by atoms with van der Waals surface area (Å²) in [6, 6.07) is 4.32. The van der Waals surface area contributed by atoms with Gasteiger partial charge in [-0.2, -0.15) is 0 Å². The highest BCUT2D eigenvalue weighted by molar-refractivity contribution is 5.30. The van der Waals surface area contributed by atoms with Crippen molar-refractivity contribution in [2.75, 3.05) is 13.7 Å². The Hall–Kier alpha value is -1.09. The molecular formula is C15H22N2O. The highest BCUT2D eigenvalue weighted by atomic mass is 16.5. The van der Waals surface area contributed by atoms with Crippen LogP contribution in [-0.4, -0.2) is 18.6 Å². The lowest BCUT2D eigenvalue weighted by Crippen LogP contribution is -2.29. The van der Waals surface area contributed by atoms with E-state index in [-0.39, 0.29) is 0 Å². The minimum Gasteiger partial charge on any atom is -0.495 e. The van der Waals surface area contributed by atoms with Crippen LogP contribution in [0.5, 0.6) is 5.75 Å². The molecule has 18 heavy (non-hydrogen) atoms. The Balaban J connectivity index is 1.83. The van der Waals surface area contributed by atoms with E-state index in [4.69, 9.17) is 4.74 Å². The number of nitrogens with zero attached hydrogens (tertiary/aromatic N) is 1. The van der Waals surface area contributed by atoms with Crippen molar-refractivity contribution in [1.29, 1.82) is 0 Å². The molecule has 3 nitrogen and oxygen atoms in total. The van der Waals surface area contributed by atoms with Crippen LogP contribution < -0.4 is 10.1 Å². The van der Waals surface area contributed by atoms with Crippen molar-refractivity contribution in [2.45, 2.75) is 32.2 Å². The zero-order valence-corrected chi connectivity index (χ0v) is 11.2. The molecule has 2 aliphatic carbocycles. The van der Waals surface area contributed by atoms with Crippen molar-refractivity contribution in [1.82, 2.24) is 10.3 Å². The van der Waals surface area contributed by atoms with Crippen molar-refractivity contribution < 1.29 is 4.74 Å². The summed E-state index contributed by atoms with van der Waals surface area (Å²) in [5, 5.41) is 3.61. The maximum Gasteiger partial charge on any atom is 0.141 e. The average Bonchev–Trinajstić information content (AvgIpc) is 3.03. The second kappa shape index (κ2) is 4.88. The third-order valence-corrected chi connectivity index (χ3v) is 4.49. The van der Waals surface area contributed by atoms with Crippen LogP contribution in [0.15, 0.2) is 18.3 Å². The van der Waals surface area contributed by atoms with Crippen LogP contribution >= 0.6 is 0 Å². The number of nitrogens with one attached hydrogen (secondary N) is 1. The SMILES string of the molecule is CCNC(c1ncccc1OC)C1CC2CC2C1. The van der Waals surface area contributed by atoms with Crippen molar-refractivity contribution >= 4 is 0 Å². The quantitative estimate of drug-likeness (QED) is 0.867. The lowest BCUT2D eigenvalue weighted by Gasteiger charge is -2.26. The van der Waals surface area contributed by atoms with Crippen LogP contribution in [0.1, 0.15) is 37.9 Å². The van der Waals surface area contributed by atoms with Gasteiger partial charge in [-0.1, -0.05) is 6.92 Å². The molecule has 3 rings (SSSR count). The summed E-state index contributed by atoms with van der Waals surface area (Å²) < 4.78 is 5.47. The number of fused-ring (bicyclic) bond motifs is 1. The Labute approximate surface area is 109 Å². The predicted molar refractivity (Wildman–Crippen MR) is 71.5 cm³/mol. The van der Waals surface area contributed by atoms with E-state index in [9.17, 15) is 0 Å². The van der Waals surface area contributed by atoms with Gasteiger partial charge in [-0.3, -0.25) is 4.98 Å². The molecule has 0 aromatic carbocycles. The van der Waals surface area contributed by atoms with E-state index in [0.29, 0.717) is 6.04 Å². The summed E-state index contributed by atoms with van der Waals surface area (Å²) in [5.41, 5.74) is 1.09. The number of aromatic nitrogens is 1. The molecule has 0 saturated heterocycles. The zero-order chi connectivity index (χ0) is 12.5. The average molecular weight is 246 g/mol. The molecule has 98 valence electrons. The Bertz CT molecular complexity index is 411.